The Morgan fingerprint density at radius 1 is 1.17 bits per heavy atom. The molecule has 0 aromatic heterocycles. The van der Waals surface area contributed by atoms with Crippen LogP contribution in [0.4, 0.5) is 0 Å². The molecule has 0 aliphatic rings. The van der Waals surface area contributed by atoms with E-state index in [0.29, 0.717) is 6.61 Å². The smallest absolute Gasteiger partial charge is 0.188 e. The molecule has 0 amide bonds. The zero-order valence-electron chi connectivity index (χ0n) is 14.9. The van der Waals surface area contributed by atoms with Crippen LogP contribution in [0.2, 0.25) is 0 Å². The summed E-state index contributed by atoms with van der Waals surface area (Å²) >= 11 is 0. The second-order valence-electron chi connectivity index (χ2n) is 5.77. The number of rotatable bonds is 11. The number of hydrogen-bond acceptors (Lipinski definition) is 3. The van der Waals surface area contributed by atoms with Gasteiger partial charge in [-0.3, -0.25) is 0 Å². The first-order chi connectivity index (χ1) is 11.8. The van der Waals surface area contributed by atoms with E-state index in [0.717, 1.165) is 37.7 Å². The van der Waals surface area contributed by atoms with E-state index in [-0.39, 0.29) is 12.7 Å². The highest BCUT2D eigenvalue weighted by molar-refractivity contribution is 5.13. The second-order valence-corrected chi connectivity index (χ2v) is 5.77. The van der Waals surface area contributed by atoms with Crippen molar-refractivity contribution in [2.45, 2.75) is 58.7 Å². The third-order valence-corrected chi connectivity index (χ3v) is 3.61. The summed E-state index contributed by atoms with van der Waals surface area (Å²) < 4.78 is 10.8. The van der Waals surface area contributed by atoms with Gasteiger partial charge in [0, 0.05) is 12.3 Å². The fourth-order valence-corrected chi connectivity index (χ4v) is 2.19. The highest BCUT2D eigenvalue weighted by atomic mass is 16.7. The molecule has 1 N–H and O–H groups in total. The molecule has 0 aliphatic carbocycles. The summed E-state index contributed by atoms with van der Waals surface area (Å²) in [6.45, 7) is 4.95. The number of aliphatic hydroxyl groups excluding tert-OH is 1. The Hall–Kier alpha value is -1.76. The topological polar surface area (TPSA) is 38.7 Å². The molecular formula is C21H30O3. The number of aliphatic hydroxyl groups is 1. The Kier molecular flexibility index (Phi) is 11.5. The predicted molar refractivity (Wildman–Crippen MR) is 98.0 cm³/mol. The van der Waals surface area contributed by atoms with Gasteiger partial charge in [0.1, 0.15) is 6.10 Å². The number of benzene rings is 1. The summed E-state index contributed by atoms with van der Waals surface area (Å²) in [7, 11) is 0. The van der Waals surface area contributed by atoms with Crippen molar-refractivity contribution in [3.63, 3.8) is 0 Å². The fraction of sp³-hybridized carbons (Fsp3) is 0.524. The lowest BCUT2D eigenvalue weighted by atomic mass is 9.96. The van der Waals surface area contributed by atoms with Crippen molar-refractivity contribution in [2.24, 2.45) is 5.92 Å². The van der Waals surface area contributed by atoms with Crippen molar-refractivity contribution < 1.29 is 14.6 Å². The van der Waals surface area contributed by atoms with Crippen LogP contribution in [-0.2, 0) is 16.1 Å². The van der Waals surface area contributed by atoms with Gasteiger partial charge < -0.3 is 14.6 Å². The summed E-state index contributed by atoms with van der Waals surface area (Å²) in [6.07, 6.45) is 7.79. The van der Waals surface area contributed by atoms with Crippen LogP contribution in [0, 0.1) is 17.8 Å². The molecule has 1 aromatic rings. The molecule has 2 atom stereocenters. The van der Waals surface area contributed by atoms with Crippen LogP contribution in [0.1, 0.15) is 51.5 Å². The minimum atomic E-state index is -0.631. The molecule has 3 heteroatoms. The minimum Gasteiger partial charge on any atom is -0.475 e. The van der Waals surface area contributed by atoms with Crippen LogP contribution in [0.25, 0.3) is 0 Å². The van der Waals surface area contributed by atoms with Gasteiger partial charge >= 0.3 is 0 Å². The molecule has 0 radical (unpaired) electrons. The number of hydrogen-bond donors (Lipinski definition) is 1. The van der Waals surface area contributed by atoms with Crippen LogP contribution >= 0.6 is 0 Å². The highest BCUT2D eigenvalue weighted by Crippen LogP contribution is 2.15. The highest BCUT2D eigenvalue weighted by Gasteiger charge is 2.13. The molecule has 24 heavy (non-hydrogen) atoms. The Morgan fingerprint density at radius 2 is 1.96 bits per heavy atom. The molecule has 0 aliphatic heterocycles. The van der Waals surface area contributed by atoms with Gasteiger partial charge in [-0.15, -0.1) is 5.92 Å². The standard InChI is InChI=1S/C21H30O3/c1-3-5-8-14-21(22)20(13-6-4-2)15-16-23-18-24-17-19-11-9-7-10-12-19/h7,9-12,15-16,20-22H,3-6,13,17-18H2,1-2H3/b16-15-/t20-,21+/m0/s1. The molecule has 0 fully saturated rings. The summed E-state index contributed by atoms with van der Waals surface area (Å²) in [5, 5.41) is 10.2. The normalized spacial score (nSPS) is 13.3. The first-order valence-corrected chi connectivity index (χ1v) is 8.84. The summed E-state index contributed by atoms with van der Waals surface area (Å²) in [5.41, 5.74) is 1.12. The second kappa shape index (κ2) is 13.7. The molecule has 132 valence electrons. The predicted octanol–water partition coefficient (Wildman–Crippen LogP) is 4.66. The third kappa shape index (κ3) is 9.39. The fourth-order valence-electron chi connectivity index (χ4n) is 2.19. The maximum atomic E-state index is 10.2. The van der Waals surface area contributed by atoms with Gasteiger partial charge in [-0.1, -0.05) is 62.9 Å². The number of unbranched alkanes of at least 4 members (excludes halogenated alkanes) is 2. The average Bonchev–Trinajstić information content (AvgIpc) is 2.61. The Labute approximate surface area is 146 Å². The minimum absolute atomic E-state index is 0.00318. The van der Waals surface area contributed by atoms with Crippen molar-refractivity contribution in [3.05, 3.63) is 48.2 Å². The van der Waals surface area contributed by atoms with Crippen LogP contribution in [0.5, 0.6) is 0 Å². The van der Waals surface area contributed by atoms with Crippen molar-refractivity contribution >= 4 is 0 Å². The molecular weight excluding hydrogens is 300 g/mol. The third-order valence-electron chi connectivity index (χ3n) is 3.61. The largest absolute Gasteiger partial charge is 0.475 e. The molecule has 0 heterocycles. The molecule has 1 rings (SSSR count). The molecule has 0 saturated carbocycles. The molecule has 0 saturated heterocycles. The van der Waals surface area contributed by atoms with E-state index in [9.17, 15) is 5.11 Å². The van der Waals surface area contributed by atoms with Gasteiger partial charge in [-0.25, -0.2) is 0 Å². The number of ether oxygens (including phenoxy) is 2. The molecule has 1 aromatic carbocycles. The quantitative estimate of drug-likeness (QED) is 0.277. The van der Waals surface area contributed by atoms with E-state index in [4.69, 9.17) is 9.47 Å². The average molecular weight is 330 g/mol. The van der Waals surface area contributed by atoms with E-state index >= 15 is 0 Å². The van der Waals surface area contributed by atoms with Crippen molar-refractivity contribution in [3.8, 4) is 11.8 Å². The van der Waals surface area contributed by atoms with Crippen molar-refractivity contribution in [2.75, 3.05) is 6.79 Å². The van der Waals surface area contributed by atoms with Crippen molar-refractivity contribution in [1.29, 1.82) is 0 Å². The maximum Gasteiger partial charge on any atom is 0.188 e. The lowest BCUT2D eigenvalue weighted by Crippen LogP contribution is -2.16. The summed E-state index contributed by atoms with van der Waals surface area (Å²) in [5.74, 6) is 5.96. The zero-order valence-corrected chi connectivity index (χ0v) is 14.9. The van der Waals surface area contributed by atoms with Crippen LogP contribution in [0.3, 0.4) is 0 Å². The SMILES string of the molecule is CCCC#C[C@@H](O)[C@H](/C=C\OCOCc1ccccc1)CCCC. The van der Waals surface area contributed by atoms with E-state index in [2.05, 4.69) is 25.7 Å². The van der Waals surface area contributed by atoms with Crippen LogP contribution < -0.4 is 0 Å². The van der Waals surface area contributed by atoms with Gasteiger partial charge in [0.15, 0.2) is 6.79 Å². The first kappa shape index (κ1) is 20.3. The first-order valence-electron chi connectivity index (χ1n) is 8.84. The van der Waals surface area contributed by atoms with E-state index in [1.54, 1.807) is 6.26 Å². The molecule has 0 spiro atoms. The maximum absolute atomic E-state index is 10.2. The molecule has 0 bridgehead atoms. The Bertz CT molecular complexity index is 499. The van der Waals surface area contributed by atoms with E-state index in [1.807, 2.05) is 36.4 Å². The van der Waals surface area contributed by atoms with Gasteiger partial charge in [-0.05, 0) is 24.5 Å². The molecule has 3 nitrogen and oxygen atoms in total. The Morgan fingerprint density at radius 3 is 2.67 bits per heavy atom. The zero-order chi connectivity index (χ0) is 17.5. The summed E-state index contributed by atoms with van der Waals surface area (Å²) in [6, 6.07) is 9.98. The van der Waals surface area contributed by atoms with Crippen molar-refractivity contribution in [1.82, 2.24) is 0 Å². The van der Waals surface area contributed by atoms with E-state index < -0.39 is 6.10 Å². The van der Waals surface area contributed by atoms with Crippen LogP contribution in [-0.4, -0.2) is 18.0 Å². The van der Waals surface area contributed by atoms with Gasteiger partial charge in [0.05, 0.1) is 12.9 Å². The Balaban J connectivity index is 2.33. The van der Waals surface area contributed by atoms with E-state index in [1.165, 1.54) is 0 Å². The van der Waals surface area contributed by atoms with Gasteiger partial charge in [0.2, 0.25) is 0 Å². The van der Waals surface area contributed by atoms with Crippen LogP contribution in [0.15, 0.2) is 42.7 Å². The summed E-state index contributed by atoms with van der Waals surface area (Å²) in [4.78, 5) is 0. The van der Waals surface area contributed by atoms with Gasteiger partial charge in [-0.2, -0.15) is 0 Å². The van der Waals surface area contributed by atoms with Gasteiger partial charge in [0.25, 0.3) is 0 Å². The monoisotopic (exact) mass is 330 g/mol. The lowest BCUT2D eigenvalue weighted by molar-refractivity contribution is -0.0213. The lowest BCUT2D eigenvalue weighted by Gasteiger charge is -2.14. The molecule has 0 unspecified atom stereocenters.